The van der Waals surface area contributed by atoms with Crippen molar-refractivity contribution in [3.63, 3.8) is 0 Å². The fourth-order valence-electron chi connectivity index (χ4n) is 4.84. The molecule has 2 aliphatic heterocycles. The first-order valence-electron chi connectivity index (χ1n) is 11.3. The van der Waals surface area contributed by atoms with Crippen molar-refractivity contribution in [1.29, 1.82) is 0 Å². The summed E-state index contributed by atoms with van der Waals surface area (Å²) in [7, 11) is 0. The molecule has 2 fully saturated rings. The predicted molar refractivity (Wildman–Crippen MR) is 120 cm³/mol. The number of rotatable bonds is 5. The second kappa shape index (κ2) is 9.40. The molecule has 0 unspecified atom stereocenters. The average molecular weight is 429 g/mol. The molecule has 2 aromatic rings. The Bertz CT molecular complexity index is 928. The van der Waals surface area contributed by atoms with Crippen molar-refractivity contribution in [3.05, 3.63) is 52.6 Å². The van der Waals surface area contributed by atoms with Crippen molar-refractivity contribution >= 4 is 11.6 Å². The lowest BCUT2D eigenvalue weighted by Gasteiger charge is -2.34. The minimum atomic E-state index is -0.254. The van der Waals surface area contributed by atoms with E-state index in [2.05, 4.69) is 35.1 Å². The minimum Gasteiger partial charge on any atom is -0.378 e. The Hall–Kier alpha value is -2.38. The molecule has 1 aromatic heterocycles. The van der Waals surface area contributed by atoms with E-state index in [1.807, 2.05) is 11.0 Å². The molecule has 31 heavy (non-hydrogen) atoms. The van der Waals surface area contributed by atoms with Crippen LogP contribution in [0.3, 0.4) is 0 Å². The topological polar surface area (TPSA) is 40.9 Å². The van der Waals surface area contributed by atoms with E-state index < -0.39 is 0 Å². The first kappa shape index (κ1) is 21.8. The maximum absolute atomic E-state index is 13.9. The number of ether oxygens (including phenoxy) is 1. The van der Waals surface area contributed by atoms with Crippen LogP contribution in [0.1, 0.15) is 34.2 Å². The zero-order valence-electron chi connectivity index (χ0n) is 18.9. The molecule has 0 saturated carbocycles. The Balaban J connectivity index is 1.71. The summed E-state index contributed by atoms with van der Waals surface area (Å²) in [6.45, 7) is 14.1. The Morgan fingerprint density at radius 3 is 2.42 bits per heavy atom. The number of hydrogen-bond acceptors (Lipinski definition) is 4. The zero-order chi connectivity index (χ0) is 22.0. The number of halogens is 1. The number of carbonyl (C=O) groups is 1. The van der Waals surface area contributed by atoms with Crippen LogP contribution >= 0.6 is 0 Å². The fourth-order valence-corrected chi connectivity index (χ4v) is 4.84. The van der Waals surface area contributed by atoms with Gasteiger partial charge in [0.25, 0.3) is 5.91 Å². The van der Waals surface area contributed by atoms with E-state index in [1.165, 1.54) is 6.07 Å². The van der Waals surface area contributed by atoms with Gasteiger partial charge in [0.15, 0.2) is 0 Å². The molecular formula is C24H33FN4O2. The third-order valence-electron chi connectivity index (χ3n) is 6.59. The smallest absolute Gasteiger partial charge is 0.270 e. The molecule has 0 spiro atoms. The number of nitrogens with zero attached hydrogens (tertiary/aromatic N) is 4. The van der Waals surface area contributed by atoms with E-state index in [0.717, 1.165) is 74.0 Å². The van der Waals surface area contributed by atoms with Gasteiger partial charge in [-0.3, -0.25) is 4.79 Å². The van der Waals surface area contributed by atoms with Gasteiger partial charge in [-0.2, -0.15) is 0 Å². The third-order valence-corrected chi connectivity index (χ3v) is 6.59. The van der Waals surface area contributed by atoms with E-state index in [9.17, 15) is 9.18 Å². The van der Waals surface area contributed by atoms with Gasteiger partial charge in [0.1, 0.15) is 11.5 Å². The van der Waals surface area contributed by atoms with Crippen LogP contribution in [0.5, 0.6) is 0 Å². The number of aromatic nitrogens is 1. The lowest BCUT2D eigenvalue weighted by Crippen LogP contribution is -2.49. The van der Waals surface area contributed by atoms with Crippen molar-refractivity contribution in [2.45, 2.75) is 27.3 Å². The number of hydrogen-bond donors (Lipinski definition) is 0. The Kier molecular flexibility index (Phi) is 6.62. The molecule has 1 aromatic carbocycles. The molecule has 4 rings (SSSR count). The highest BCUT2D eigenvalue weighted by molar-refractivity contribution is 5.96. The van der Waals surface area contributed by atoms with Gasteiger partial charge >= 0.3 is 0 Å². The molecule has 0 atom stereocenters. The number of carbonyl (C=O) groups excluding carboxylic acids is 1. The quantitative estimate of drug-likeness (QED) is 0.734. The fraction of sp³-hybridized carbons (Fsp3) is 0.542. The SMILES string of the molecule is CCN1CCN(C(=O)c2c(C)c(N3CCOCC3)c(C)n2Cc2cccc(F)c2)CC1. The zero-order valence-corrected chi connectivity index (χ0v) is 18.9. The maximum Gasteiger partial charge on any atom is 0.270 e. The van der Waals surface area contributed by atoms with Crippen molar-refractivity contribution in [1.82, 2.24) is 14.4 Å². The highest BCUT2D eigenvalue weighted by Crippen LogP contribution is 2.33. The van der Waals surface area contributed by atoms with Crippen molar-refractivity contribution in [2.24, 2.45) is 0 Å². The highest BCUT2D eigenvalue weighted by Gasteiger charge is 2.30. The Morgan fingerprint density at radius 1 is 1.06 bits per heavy atom. The maximum atomic E-state index is 13.9. The lowest BCUT2D eigenvalue weighted by atomic mass is 10.1. The van der Waals surface area contributed by atoms with Gasteiger partial charge in [-0.15, -0.1) is 0 Å². The molecule has 0 bridgehead atoms. The Morgan fingerprint density at radius 2 is 1.77 bits per heavy atom. The van der Waals surface area contributed by atoms with Crippen LogP contribution in [0.2, 0.25) is 0 Å². The van der Waals surface area contributed by atoms with Crippen LogP contribution in [-0.4, -0.2) is 79.3 Å². The number of piperazine rings is 1. The lowest BCUT2D eigenvalue weighted by molar-refractivity contribution is 0.0632. The van der Waals surface area contributed by atoms with Gasteiger partial charge in [0, 0.05) is 57.1 Å². The summed E-state index contributed by atoms with van der Waals surface area (Å²) in [6, 6.07) is 6.65. The summed E-state index contributed by atoms with van der Waals surface area (Å²) in [5.41, 5.74) is 4.78. The van der Waals surface area contributed by atoms with Gasteiger partial charge in [-0.05, 0) is 38.1 Å². The van der Waals surface area contributed by atoms with Crippen LogP contribution in [-0.2, 0) is 11.3 Å². The van der Waals surface area contributed by atoms with E-state index >= 15 is 0 Å². The third kappa shape index (κ3) is 4.48. The van der Waals surface area contributed by atoms with Gasteiger partial charge < -0.3 is 24.0 Å². The van der Waals surface area contributed by atoms with Crippen molar-refractivity contribution in [3.8, 4) is 0 Å². The molecule has 0 radical (unpaired) electrons. The largest absolute Gasteiger partial charge is 0.378 e. The molecule has 168 valence electrons. The molecule has 1 amide bonds. The second-order valence-electron chi connectivity index (χ2n) is 8.45. The summed E-state index contributed by atoms with van der Waals surface area (Å²) in [5.74, 6) is -0.178. The van der Waals surface area contributed by atoms with Gasteiger partial charge in [-0.1, -0.05) is 19.1 Å². The van der Waals surface area contributed by atoms with E-state index in [-0.39, 0.29) is 11.7 Å². The molecule has 3 heterocycles. The predicted octanol–water partition coefficient (Wildman–Crippen LogP) is 2.91. The van der Waals surface area contributed by atoms with Gasteiger partial charge in [0.05, 0.1) is 18.9 Å². The van der Waals surface area contributed by atoms with Crippen LogP contribution in [0.25, 0.3) is 0 Å². The number of benzene rings is 1. The molecule has 2 saturated heterocycles. The summed E-state index contributed by atoms with van der Waals surface area (Å²) in [4.78, 5) is 20.4. The van der Waals surface area contributed by atoms with E-state index in [1.54, 1.807) is 12.1 Å². The monoisotopic (exact) mass is 428 g/mol. The first-order chi connectivity index (χ1) is 15.0. The van der Waals surface area contributed by atoms with Crippen molar-refractivity contribution < 1.29 is 13.9 Å². The van der Waals surface area contributed by atoms with Crippen molar-refractivity contribution in [2.75, 3.05) is 63.9 Å². The van der Waals surface area contributed by atoms with Gasteiger partial charge in [-0.25, -0.2) is 4.39 Å². The van der Waals surface area contributed by atoms with Gasteiger partial charge in [0.2, 0.25) is 0 Å². The molecule has 2 aliphatic rings. The minimum absolute atomic E-state index is 0.0762. The molecule has 0 aliphatic carbocycles. The standard InChI is InChI=1S/C24H33FN4O2/c1-4-26-8-10-28(11-9-26)24(30)23-18(2)22(27-12-14-31-15-13-27)19(3)29(23)17-20-6-5-7-21(25)16-20/h5-7,16H,4,8-15,17H2,1-3H3. The van der Waals surface area contributed by atoms with Crippen LogP contribution in [0.4, 0.5) is 10.1 Å². The number of likely N-dealkylation sites (N-methyl/N-ethyl adjacent to an activating group) is 1. The molecule has 6 nitrogen and oxygen atoms in total. The molecular weight excluding hydrogens is 395 g/mol. The first-order valence-corrected chi connectivity index (χ1v) is 11.3. The van der Waals surface area contributed by atoms with Crippen LogP contribution in [0.15, 0.2) is 24.3 Å². The van der Waals surface area contributed by atoms with E-state index in [0.29, 0.717) is 19.8 Å². The molecule has 7 heteroatoms. The number of morpholine rings is 1. The number of anilines is 1. The Labute approximate surface area is 184 Å². The summed E-state index contributed by atoms with van der Waals surface area (Å²) in [6.07, 6.45) is 0. The van der Waals surface area contributed by atoms with Crippen LogP contribution < -0.4 is 4.90 Å². The van der Waals surface area contributed by atoms with Crippen LogP contribution in [0, 0.1) is 19.7 Å². The highest BCUT2D eigenvalue weighted by atomic mass is 19.1. The molecule has 0 N–H and O–H groups in total. The summed E-state index contributed by atoms with van der Waals surface area (Å²) in [5, 5.41) is 0. The summed E-state index contributed by atoms with van der Waals surface area (Å²) < 4.78 is 21.5. The second-order valence-corrected chi connectivity index (χ2v) is 8.45. The number of amides is 1. The van der Waals surface area contributed by atoms with E-state index in [4.69, 9.17) is 4.74 Å². The average Bonchev–Trinajstić information content (AvgIpc) is 3.03. The summed E-state index contributed by atoms with van der Waals surface area (Å²) >= 11 is 0. The normalized spacial score (nSPS) is 17.9.